The number of hydrogen-bond donors (Lipinski definition) is 2. The largest absolute Gasteiger partial charge is 0.508 e. The fraction of sp³-hybridized carbons (Fsp3) is 0.613. The van der Waals surface area contributed by atoms with Gasteiger partial charge in [0.2, 0.25) is 0 Å². The highest BCUT2D eigenvalue weighted by atomic mass is 16.5. The molecule has 3 fully saturated rings. The molecule has 188 valence electrons. The van der Waals surface area contributed by atoms with Crippen LogP contribution in [0.15, 0.2) is 42.5 Å². The molecule has 0 spiro atoms. The second-order valence-electron chi connectivity index (χ2n) is 12.2. The van der Waals surface area contributed by atoms with Gasteiger partial charge in [-0.15, -0.1) is 0 Å². The summed E-state index contributed by atoms with van der Waals surface area (Å²) >= 11 is 0. The molecule has 0 radical (unpaired) electrons. The first-order valence-electron chi connectivity index (χ1n) is 13.8. The molecule has 0 bridgehead atoms. The number of fused-ring (bicyclic) bond motifs is 5. The predicted octanol–water partition coefficient (Wildman–Crippen LogP) is 5.87. The molecule has 6 rings (SSSR count). The van der Waals surface area contributed by atoms with Gasteiger partial charge in [0.05, 0.1) is 5.60 Å². The first-order valence-corrected chi connectivity index (χ1v) is 13.8. The molecular weight excluding hydrogens is 434 g/mol. The van der Waals surface area contributed by atoms with Crippen molar-refractivity contribution in [1.29, 1.82) is 0 Å². The van der Waals surface area contributed by atoms with E-state index in [1.54, 1.807) is 0 Å². The minimum Gasteiger partial charge on any atom is -0.508 e. The van der Waals surface area contributed by atoms with Gasteiger partial charge >= 0.3 is 0 Å². The third-order valence-electron chi connectivity index (χ3n) is 10.5. The van der Waals surface area contributed by atoms with E-state index in [1.807, 2.05) is 12.1 Å². The summed E-state index contributed by atoms with van der Waals surface area (Å²) in [6.07, 6.45) is 7.81. The van der Waals surface area contributed by atoms with E-state index < -0.39 is 5.60 Å². The zero-order valence-electron chi connectivity index (χ0n) is 21.4. The maximum atomic E-state index is 11.5. The van der Waals surface area contributed by atoms with Crippen molar-refractivity contribution in [1.82, 2.24) is 4.90 Å². The summed E-state index contributed by atoms with van der Waals surface area (Å²) in [6.45, 7) is 8.59. The minimum absolute atomic E-state index is 0.0713. The number of phenols is 1. The van der Waals surface area contributed by atoms with Gasteiger partial charge < -0.3 is 14.9 Å². The molecule has 3 aliphatic carbocycles. The van der Waals surface area contributed by atoms with Crippen LogP contribution in [0.5, 0.6) is 11.5 Å². The van der Waals surface area contributed by atoms with Crippen LogP contribution in [0.2, 0.25) is 0 Å². The third kappa shape index (κ3) is 3.97. The van der Waals surface area contributed by atoms with Gasteiger partial charge in [-0.05, 0) is 135 Å². The molecule has 0 amide bonds. The van der Waals surface area contributed by atoms with E-state index >= 15 is 0 Å². The van der Waals surface area contributed by atoms with Gasteiger partial charge in [0.1, 0.15) is 18.1 Å². The molecule has 4 nitrogen and oxygen atoms in total. The van der Waals surface area contributed by atoms with Crippen molar-refractivity contribution < 1.29 is 14.9 Å². The fourth-order valence-corrected chi connectivity index (χ4v) is 8.35. The lowest BCUT2D eigenvalue weighted by Gasteiger charge is -2.56. The molecule has 1 heterocycles. The van der Waals surface area contributed by atoms with Crippen LogP contribution in [0.25, 0.3) is 0 Å². The number of nitrogens with zero attached hydrogens (tertiary/aromatic N) is 1. The molecule has 2 aromatic rings. The summed E-state index contributed by atoms with van der Waals surface area (Å²) in [5.41, 5.74) is 3.40. The molecule has 4 heteroatoms. The zero-order valence-corrected chi connectivity index (χ0v) is 21.4. The molecule has 4 aliphatic rings. The summed E-state index contributed by atoms with van der Waals surface area (Å²) in [6, 6.07) is 14.9. The Labute approximate surface area is 210 Å². The number of aryl methyl sites for hydroxylation is 1. The van der Waals surface area contributed by atoms with Crippen molar-refractivity contribution in [3.8, 4) is 11.5 Å². The number of ether oxygens (including phenoxy) is 1. The average Bonchev–Trinajstić information content (AvgIpc) is 3.44. The lowest BCUT2D eigenvalue weighted by molar-refractivity contribution is -0.0963. The summed E-state index contributed by atoms with van der Waals surface area (Å²) < 4.78 is 6.10. The normalized spacial score (nSPS) is 36.4. The number of phenolic OH excluding ortho intramolecular Hbond substituents is 1. The fourth-order valence-electron chi connectivity index (χ4n) is 8.35. The SMILES string of the molecule is C[C@]1(O)CC[C@H]2[C@@H]3CCc4cc(O)ccc4[C@H]3[C@@H](c3ccc(OCCN4CCCC4)cc3)C[C@@]21C. The molecule has 0 unspecified atom stereocenters. The maximum Gasteiger partial charge on any atom is 0.119 e. The first kappa shape index (κ1) is 23.4. The van der Waals surface area contributed by atoms with Crippen LogP contribution < -0.4 is 4.74 Å². The van der Waals surface area contributed by atoms with Crippen LogP contribution >= 0.6 is 0 Å². The van der Waals surface area contributed by atoms with Crippen molar-refractivity contribution in [3.05, 3.63) is 59.2 Å². The van der Waals surface area contributed by atoms with E-state index in [0.717, 1.165) is 51.0 Å². The lowest BCUT2D eigenvalue weighted by atomic mass is 9.49. The van der Waals surface area contributed by atoms with Crippen LogP contribution in [-0.4, -0.2) is 47.0 Å². The molecule has 2 saturated carbocycles. The number of benzene rings is 2. The van der Waals surface area contributed by atoms with Crippen LogP contribution in [-0.2, 0) is 6.42 Å². The zero-order chi connectivity index (χ0) is 24.2. The van der Waals surface area contributed by atoms with Gasteiger partial charge in [0.25, 0.3) is 0 Å². The van der Waals surface area contributed by atoms with E-state index in [0.29, 0.717) is 29.4 Å². The van der Waals surface area contributed by atoms with Crippen LogP contribution in [0.3, 0.4) is 0 Å². The Morgan fingerprint density at radius 3 is 2.57 bits per heavy atom. The van der Waals surface area contributed by atoms with Crippen molar-refractivity contribution in [2.75, 3.05) is 26.2 Å². The van der Waals surface area contributed by atoms with Crippen molar-refractivity contribution >= 4 is 0 Å². The van der Waals surface area contributed by atoms with Gasteiger partial charge in [0, 0.05) is 6.54 Å². The Morgan fingerprint density at radius 2 is 1.80 bits per heavy atom. The number of rotatable bonds is 5. The molecule has 35 heavy (non-hydrogen) atoms. The monoisotopic (exact) mass is 475 g/mol. The highest BCUT2D eigenvalue weighted by Gasteiger charge is 2.62. The maximum absolute atomic E-state index is 11.5. The van der Waals surface area contributed by atoms with Crippen LogP contribution in [0.4, 0.5) is 0 Å². The molecule has 6 atom stereocenters. The van der Waals surface area contributed by atoms with Crippen molar-refractivity contribution in [3.63, 3.8) is 0 Å². The quantitative estimate of drug-likeness (QED) is 0.568. The molecule has 2 N–H and O–H groups in total. The Bertz CT molecular complexity index is 1060. The molecule has 1 aliphatic heterocycles. The summed E-state index contributed by atoms with van der Waals surface area (Å²) in [7, 11) is 0. The highest BCUT2D eigenvalue weighted by molar-refractivity contribution is 5.44. The molecule has 1 saturated heterocycles. The first-order chi connectivity index (χ1) is 16.9. The van der Waals surface area contributed by atoms with E-state index in [9.17, 15) is 10.2 Å². The Morgan fingerprint density at radius 1 is 1.03 bits per heavy atom. The third-order valence-corrected chi connectivity index (χ3v) is 10.5. The number of likely N-dealkylation sites (tertiary alicyclic amines) is 1. The van der Waals surface area contributed by atoms with Crippen LogP contribution in [0, 0.1) is 17.3 Å². The Kier molecular flexibility index (Phi) is 5.88. The summed E-state index contributed by atoms with van der Waals surface area (Å²) in [4.78, 5) is 2.49. The Hall–Kier alpha value is -2.04. The second kappa shape index (κ2) is 8.81. The number of hydrogen-bond acceptors (Lipinski definition) is 4. The smallest absolute Gasteiger partial charge is 0.119 e. The number of aromatic hydroxyl groups is 1. The number of aliphatic hydroxyl groups is 1. The van der Waals surface area contributed by atoms with Gasteiger partial charge in [-0.3, -0.25) is 4.90 Å². The van der Waals surface area contributed by atoms with Crippen molar-refractivity contribution in [2.24, 2.45) is 17.3 Å². The van der Waals surface area contributed by atoms with Gasteiger partial charge in [-0.2, -0.15) is 0 Å². The van der Waals surface area contributed by atoms with E-state index in [1.165, 1.54) is 42.6 Å². The topological polar surface area (TPSA) is 52.9 Å². The van der Waals surface area contributed by atoms with Gasteiger partial charge in [0.15, 0.2) is 0 Å². The predicted molar refractivity (Wildman–Crippen MR) is 139 cm³/mol. The Balaban J connectivity index is 1.29. The average molecular weight is 476 g/mol. The summed E-state index contributed by atoms with van der Waals surface area (Å²) in [5, 5.41) is 21.7. The molecule has 2 aromatic carbocycles. The van der Waals surface area contributed by atoms with E-state index in [2.05, 4.69) is 49.1 Å². The van der Waals surface area contributed by atoms with E-state index in [4.69, 9.17) is 4.74 Å². The minimum atomic E-state index is -0.616. The summed E-state index contributed by atoms with van der Waals surface area (Å²) in [5.74, 6) is 3.24. The van der Waals surface area contributed by atoms with Crippen molar-refractivity contribution in [2.45, 2.75) is 76.2 Å². The second-order valence-corrected chi connectivity index (χ2v) is 12.2. The molecular formula is C31H41NO3. The molecule has 0 aromatic heterocycles. The van der Waals surface area contributed by atoms with Gasteiger partial charge in [-0.25, -0.2) is 0 Å². The lowest BCUT2D eigenvalue weighted by Crippen LogP contribution is -2.51. The highest BCUT2D eigenvalue weighted by Crippen LogP contribution is 2.67. The standard InChI is InChI=1S/C31H41NO3/c1-30-20-27(21-5-9-24(10-6-21)35-18-17-32-15-3-4-16-32)29-25-12-8-23(33)19-22(25)7-11-26(29)28(30)13-14-31(30,2)34/h5-6,8-10,12,19,26-29,33-34H,3-4,7,11,13-18,20H2,1-2H3/t26-,27+,28-,29+,30-,31-/m0/s1. The van der Waals surface area contributed by atoms with E-state index in [-0.39, 0.29) is 5.41 Å². The van der Waals surface area contributed by atoms with Gasteiger partial charge in [-0.1, -0.05) is 25.1 Å². The van der Waals surface area contributed by atoms with Crippen LogP contribution in [0.1, 0.15) is 80.9 Å².